The number of rotatable bonds is 6. The van der Waals surface area contributed by atoms with Crippen molar-refractivity contribution in [2.24, 2.45) is 5.41 Å². The number of aromatic nitrogens is 1. The van der Waals surface area contributed by atoms with E-state index in [2.05, 4.69) is 15.6 Å². The first-order valence-corrected chi connectivity index (χ1v) is 7.19. The summed E-state index contributed by atoms with van der Waals surface area (Å²) in [5.74, 6) is -0.818. The van der Waals surface area contributed by atoms with Crippen LogP contribution in [-0.4, -0.2) is 35.2 Å². The van der Waals surface area contributed by atoms with Crippen LogP contribution in [-0.2, 0) is 11.2 Å². The number of amides is 2. The second-order valence-electron chi connectivity index (χ2n) is 4.78. The van der Waals surface area contributed by atoms with Gasteiger partial charge in [0.15, 0.2) is 0 Å². The zero-order valence-electron chi connectivity index (χ0n) is 10.5. The van der Waals surface area contributed by atoms with Crippen molar-refractivity contribution in [3.8, 4) is 0 Å². The summed E-state index contributed by atoms with van der Waals surface area (Å²) in [4.78, 5) is 26.8. The van der Waals surface area contributed by atoms with Gasteiger partial charge in [-0.15, -0.1) is 11.3 Å². The Kier molecular flexibility index (Phi) is 4.36. The zero-order valence-corrected chi connectivity index (χ0v) is 11.3. The van der Waals surface area contributed by atoms with Gasteiger partial charge in [-0.25, -0.2) is 9.78 Å². The molecule has 7 heteroatoms. The fourth-order valence-corrected chi connectivity index (χ4v) is 2.64. The second-order valence-corrected chi connectivity index (χ2v) is 5.50. The van der Waals surface area contributed by atoms with Crippen molar-refractivity contribution < 1.29 is 14.7 Å². The number of carbonyl (C=O) groups excluding carboxylic acids is 1. The Hall–Kier alpha value is -1.63. The maximum Gasteiger partial charge on any atom is 0.314 e. The molecular formula is C12H17N3O3S. The zero-order chi connectivity index (χ0) is 13.7. The molecule has 0 radical (unpaired) electrons. The predicted molar refractivity (Wildman–Crippen MR) is 71.1 cm³/mol. The fraction of sp³-hybridized carbons (Fsp3) is 0.583. The minimum atomic E-state index is -0.818. The highest BCUT2D eigenvalue weighted by atomic mass is 32.1. The van der Waals surface area contributed by atoms with Gasteiger partial charge in [0.1, 0.15) is 0 Å². The molecule has 1 aliphatic carbocycles. The van der Waals surface area contributed by atoms with Crippen molar-refractivity contribution in [2.45, 2.75) is 25.7 Å². The molecule has 1 aromatic heterocycles. The Morgan fingerprint density at radius 3 is 2.74 bits per heavy atom. The van der Waals surface area contributed by atoms with Crippen LogP contribution in [0.15, 0.2) is 10.9 Å². The largest absolute Gasteiger partial charge is 0.481 e. The number of aliphatic carboxylic acids is 1. The topological polar surface area (TPSA) is 91.3 Å². The summed E-state index contributed by atoms with van der Waals surface area (Å²) >= 11 is 1.52. The number of nitrogens with one attached hydrogen (secondary N) is 2. The molecule has 1 aliphatic rings. The maximum absolute atomic E-state index is 11.5. The molecule has 1 aromatic rings. The first kappa shape index (κ1) is 13.8. The van der Waals surface area contributed by atoms with Crippen LogP contribution in [0.5, 0.6) is 0 Å². The smallest absolute Gasteiger partial charge is 0.314 e. The number of carboxylic acid groups (broad SMARTS) is 1. The predicted octanol–water partition coefficient (Wildman–Crippen LogP) is 1.24. The highest BCUT2D eigenvalue weighted by Gasteiger charge is 2.44. The van der Waals surface area contributed by atoms with Gasteiger partial charge in [-0.2, -0.15) is 0 Å². The van der Waals surface area contributed by atoms with Gasteiger partial charge in [-0.3, -0.25) is 4.79 Å². The van der Waals surface area contributed by atoms with Gasteiger partial charge >= 0.3 is 12.0 Å². The lowest BCUT2D eigenvalue weighted by Gasteiger charge is -2.37. The van der Waals surface area contributed by atoms with Gasteiger partial charge in [0.05, 0.1) is 16.6 Å². The number of nitrogens with zero attached hydrogens (tertiary/aromatic N) is 1. The third kappa shape index (κ3) is 3.44. The molecular weight excluding hydrogens is 266 g/mol. The number of carbonyl (C=O) groups is 2. The summed E-state index contributed by atoms with van der Waals surface area (Å²) in [5, 5.41) is 16.4. The third-order valence-corrected chi connectivity index (χ3v) is 4.14. The second kappa shape index (κ2) is 6.01. The molecule has 1 fully saturated rings. The minimum Gasteiger partial charge on any atom is -0.481 e. The highest BCUT2D eigenvalue weighted by molar-refractivity contribution is 7.07. The van der Waals surface area contributed by atoms with Gasteiger partial charge in [-0.05, 0) is 12.8 Å². The number of hydrogen-bond acceptors (Lipinski definition) is 4. The van der Waals surface area contributed by atoms with Crippen molar-refractivity contribution in [3.63, 3.8) is 0 Å². The minimum absolute atomic E-state index is 0.199. The van der Waals surface area contributed by atoms with E-state index in [1.54, 1.807) is 5.51 Å². The summed E-state index contributed by atoms with van der Waals surface area (Å²) in [7, 11) is 0. The van der Waals surface area contributed by atoms with Gasteiger partial charge in [0, 0.05) is 24.9 Å². The molecule has 0 unspecified atom stereocenters. The molecule has 2 amide bonds. The van der Waals surface area contributed by atoms with Crippen LogP contribution >= 0.6 is 11.3 Å². The number of carboxylic acids is 1. The summed E-state index contributed by atoms with van der Waals surface area (Å²) in [6.07, 6.45) is 2.88. The molecule has 19 heavy (non-hydrogen) atoms. The fourth-order valence-electron chi connectivity index (χ4n) is 2.05. The van der Waals surface area contributed by atoms with Crippen molar-refractivity contribution in [2.75, 3.05) is 13.1 Å². The van der Waals surface area contributed by atoms with Crippen LogP contribution in [0, 0.1) is 5.41 Å². The van der Waals surface area contributed by atoms with Crippen LogP contribution in [0.2, 0.25) is 0 Å². The van der Waals surface area contributed by atoms with Crippen molar-refractivity contribution in [3.05, 3.63) is 16.6 Å². The maximum atomic E-state index is 11.5. The first-order chi connectivity index (χ1) is 9.12. The lowest BCUT2D eigenvalue weighted by Crippen LogP contribution is -2.49. The van der Waals surface area contributed by atoms with E-state index in [9.17, 15) is 9.59 Å². The Morgan fingerprint density at radius 1 is 1.42 bits per heavy atom. The van der Waals surface area contributed by atoms with E-state index >= 15 is 0 Å². The molecule has 0 bridgehead atoms. The Labute approximate surface area is 115 Å². The summed E-state index contributed by atoms with van der Waals surface area (Å²) in [5.41, 5.74) is 1.96. The van der Waals surface area contributed by atoms with Crippen molar-refractivity contribution in [1.82, 2.24) is 15.6 Å². The van der Waals surface area contributed by atoms with Crippen LogP contribution in [0.3, 0.4) is 0 Å². The van der Waals surface area contributed by atoms with E-state index in [0.29, 0.717) is 25.8 Å². The Balaban J connectivity index is 1.66. The Bertz CT molecular complexity index is 443. The molecule has 0 spiro atoms. The quantitative estimate of drug-likeness (QED) is 0.732. The lowest BCUT2D eigenvalue weighted by atomic mass is 9.69. The standard InChI is InChI=1S/C12H17N3O3S/c16-10(17)12(3-1-4-12)7-14-11(18)13-5-2-9-6-19-8-15-9/h6,8H,1-5,7H2,(H,16,17)(H2,13,14,18). The van der Waals surface area contributed by atoms with E-state index in [-0.39, 0.29) is 12.6 Å². The van der Waals surface area contributed by atoms with Gasteiger partial charge in [0.2, 0.25) is 0 Å². The van der Waals surface area contributed by atoms with Crippen molar-refractivity contribution in [1.29, 1.82) is 0 Å². The number of hydrogen-bond donors (Lipinski definition) is 3. The van der Waals surface area contributed by atoms with Crippen LogP contribution < -0.4 is 10.6 Å². The molecule has 0 aliphatic heterocycles. The SMILES string of the molecule is O=C(NCCc1cscn1)NCC1(C(=O)O)CCC1. The van der Waals surface area contributed by atoms with Crippen LogP contribution in [0.25, 0.3) is 0 Å². The molecule has 6 nitrogen and oxygen atoms in total. The number of urea groups is 1. The van der Waals surface area contributed by atoms with Gasteiger partial charge in [0.25, 0.3) is 0 Å². The van der Waals surface area contributed by atoms with Gasteiger partial charge < -0.3 is 15.7 Å². The highest BCUT2D eigenvalue weighted by Crippen LogP contribution is 2.40. The number of thiazole rings is 1. The molecule has 1 heterocycles. The molecule has 1 saturated carbocycles. The third-order valence-electron chi connectivity index (χ3n) is 3.50. The molecule has 0 saturated heterocycles. The monoisotopic (exact) mass is 283 g/mol. The normalized spacial score (nSPS) is 16.4. The van der Waals surface area contributed by atoms with Crippen LogP contribution in [0.1, 0.15) is 25.0 Å². The van der Waals surface area contributed by atoms with E-state index < -0.39 is 11.4 Å². The van der Waals surface area contributed by atoms with E-state index in [1.807, 2.05) is 5.38 Å². The van der Waals surface area contributed by atoms with Gasteiger partial charge in [-0.1, -0.05) is 6.42 Å². The van der Waals surface area contributed by atoms with E-state index in [1.165, 1.54) is 11.3 Å². The lowest BCUT2D eigenvalue weighted by molar-refractivity contribution is -0.153. The first-order valence-electron chi connectivity index (χ1n) is 6.25. The summed E-state index contributed by atoms with van der Waals surface area (Å²) in [6.45, 7) is 0.695. The molecule has 2 rings (SSSR count). The Morgan fingerprint density at radius 2 is 2.21 bits per heavy atom. The molecule has 3 N–H and O–H groups in total. The van der Waals surface area contributed by atoms with E-state index in [0.717, 1.165) is 12.1 Å². The summed E-state index contributed by atoms with van der Waals surface area (Å²) in [6, 6.07) is -0.317. The average molecular weight is 283 g/mol. The van der Waals surface area contributed by atoms with E-state index in [4.69, 9.17) is 5.11 Å². The molecule has 0 aromatic carbocycles. The van der Waals surface area contributed by atoms with Crippen molar-refractivity contribution >= 4 is 23.3 Å². The molecule has 0 atom stereocenters. The average Bonchev–Trinajstić information content (AvgIpc) is 2.80. The molecule has 104 valence electrons. The summed E-state index contributed by atoms with van der Waals surface area (Å²) < 4.78 is 0. The van der Waals surface area contributed by atoms with Crippen LogP contribution in [0.4, 0.5) is 4.79 Å².